The number of fused-ring (bicyclic) bond motifs is 1. The lowest BCUT2D eigenvalue weighted by molar-refractivity contribution is -0.193. The molecule has 0 radical (unpaired) electrons. The molecule has 1 fully saturated rings. The summed E-state index contributed by atoms with van der Waals surface area (Å²) in [7, 11) is 0. The largest absolute Gasteiger partial charge is 0.490 e. The molecular formula is C21H23F6N5O5. The molecule has 10 nitrogen and oxygen atoms in total. The molecule has 1 aliphatic heterocycles. The lowest BCUT2D eigenvalue weighted by Gasteiger charge is -2.42. The van der Waals surface area contributed by atoms with E-state index in [4.69, 9.17) is 19.8 Å². The number of hydrogen-bond donors (Lipinski definition) is 3. The van der Waals surface area contributed by atoms with Crippen LogP contribution >= 0.6 is 0 Å². The Bertz CT molecular complexity index is 1030. The maximum atomic E-state index is 12.7. The van der Waals surface area contributed by atoms with E-state index in [1.54, 1.807) is 18.6 Å². The van der Waals surface area contributed by atoms with Crippen molar-refractivity contribution in [1.82, 2.24) is 25.0 Å². The number of carboxylic acids is 2. The molecule has 1 amide bonds. The molecule has 0 bridgehead atoms. The van der Waals surface area contributed by atoms with E-state index in [-0.39, 0.29) is 11.9 Å². The average molecular weight is 539 g/mol. The molecule has 1 unspecified atom stereocenters. The van der Waals surface area contributed by atoms with Gasteiger partial charge in [-0.25, -0.2) is 9.59 Å². The molecule has 0 spiro atoms. The van der Waals surface area contributed by atoms with Crippen LogP contribution in [0.4, 0.5) is 26.3 Å². The minimum Gasteiger partial charge on any atom is -0.475 e. The molecule has 4 rings (SSSR count). The number of pyridine rings is 1. The van der Waals surface area contributed by atoms with Crippen LogP contribution in [-0.4, -0.2) is 72.7 Å². The molecule has 2 aliphatic rings. The molecule has 3 N–H and O–H groups in total. The van der Waals surface area contributed by atoms with Gasteiger partial charge >= 0.3 is 24.3 Å². The number of aromatic nitrogens is 3. The highest BCUT2D eigenvalue weighted by Gasteiger charge is 2.39. The summed E-state index contributed by atoms with van der Waals surface area (Å²) in [5.74, 6) is -5.48. The quantitative estimate of drug-likeness (QED) is 0.505. The SMILES string of the molecule is O=C(NCc1cccnc1)C1CN(C2CCC2)Cc2ccnn21.O=C(O)C(F)(F)F.O=C(O)C(F)(F)F. The summed E-state index contributed by atoms with van der Waals surface area (Å²) >= 11 is 0. The van der Waals surface area contributed by atoms with E-state index in [9.17, 15) is 31.1 Å². The fourth-order valence-corrected chi connectivity index (χ4v) is 3.35. The zero-order chi connectivity index (χ0) is 27.8. The molecule has 0 saturated heterocycles. The minimum absolute atomic E-state index is 0.0304. The van der Waals surface area contributed by atoms with Crippen molar-refractivity contribution >= 4 is 17.8 Å². The molecular weight excluding hydrogens is 516 g/mol. The Morgan fingerprint density at radius 3 is 2.05 bits per heavy atom. The van der Waals surface area contributed by atoms with Crippen LogP contribution in [0.5, 0.6) is 0 Å². The Labute approximate surface area is 205 Å². The normalized spacial score (nSPS) is 17.6. The number of carbonyl (C=O) groups excluding carboxylic acids is 1. The van der Waals surface area contributed by atoms with Gasteiger partial charge in [0.15, 0.2) is 0 Å². The van der Waals surface area contributed by atoms with Crippen LogP contribution in [0.2, 0.25) is 0 Å². The zero-order valence-electron chi connectivity index (χ0n) is 19.0. The van der Waals surface area contributed by atoms with Crippen LogP contribution in [0.1, 0.15) is 36.6 Å². The van der Waals surface area contributed by atoms with E-state index in [1.165, 1.54) is 19.3 Å². The number of halogens is 6. The second-order valence-corrected chi connectivity index (χ2v) is 7.98. The van der Waals surface area contributed by atoms with Gasteiger partial charge in [-0.1, -0.05) is 12.5 Å². The fourth-order valence-electron chi connectivity index (χ4n) is 3.35. The topological polar surface area (TPSA) is 138 Å². The number of hydrogen-bond acceptors (Lipinski definition) is 6. The lowest BCUT2D eigenvalue weighted by Crippen LogP contribution is -2.50. The van der Waals surface area contributed by atoms with Crippen molar-refractivity contribution < 1.29 is 50.9 Å². The monoisotopic (exact) mass is 539 g/mol. The van der Waals surface area contributed by atoms with Gasteiger partial charge in [0.2, 0.25) is 5.91 Å². The van der Waals surface area contributed by atoms with Gasteiger partial charge in [-0.2, -0.15) is 31.4 Å². The Hall–Kier alpha value is -3.69. The first-order valence-corrected chi connectivity index (χ1v) is 10.7. The number of rotatable bonds is 4. The highest BCUT2D eigenvalue weighted by Crippen LogP contribution is 2.30. The first-order valence-electron chi connectivity index (χ1n) is 10.7. The highest BCUT2D eigenvalue weighted by atomic mass is 19.4. The second-order valence-electron chi connectivity index (χ2n) is 7.98. The van der Waals surface area contributed by atoms with Crippen molar-refractivity contribution in [1.29, 1.82) is 0 Å². The zero-order valence-corrected chi connectivity index (χ0v) is 19.0. The van der Waals surface area contributed by atoms with Gasteiger partial charge in [-0.05, 0) is 30.5 Å². The molecule has 16 heteroatoms. The van der Waals surface area contributed by atoms with Gasteiger partial charge in [0, 0.05) is 44.3 Å². The van der Waals surface area contributed by atoms with E-state index in [1.807, 2.05) is 22.9 Å². The van der Waals surface area contributed by atoms with Gasteiger partial charge < -0.3 is 15.5 Å². The molecule has 204 valence electrons. The molecule has 1 aliphatic carbocycles. The lowest BCUT2D eigenvalue weighted by atomic mass is 9.90. The summed E-state index contributed by atoms with van der Waals surface area (Å²) in [5, 5.41) is 21.6. The third-order valence-electron chi connectivity index (χ3n) is 5.39. The number of nitrogens with zero attached hydrogens (tertiary/aromatic N) is 4. The molecule has 37 heavy (non-hydrogen) atoms. The third kappa shape index (κ3) is 9.04. The number of nitrogens with one attached hydrogen (secondary N) is 1. The molecule has 2 aromatic heterocycles. The molecule has 1 atom stereocenters. The predicted octanol–water partition coefficient (Wildman–Crippen LogP) is 2.77. The number of amides is 1. The van der Waals surface area contributed by atoms with E-state index in [2.05, 4.69) is 20.3 Å². The van der Waals surface area contributed by atoms with Crippen molar-refractivity contribution in [3.63, 3.8) is 0 Å². The molecule has 0 aromatic carbocycles. The van der Waals surface area contributed by atoms with Crippen LogP contribution in [0, 0.1) is 0 Å². The van der Waals surface area contributed by atoms with Crippen molar-refractivity contribution in [2.75, 3.05) is 6.54 Å². The maximum Gasteiger partial charge on any atom is 0.490 e. The summed E-state index contributed by atoms with van der Waals surface area (Å²) in [6.07, 6.45) is -1.06. The van der Waals surface area contributed by atoms with Gasteiger partial charge in [0.1, 0.15) is 6.04 Å². The van der Waals surface area contributed by atoms with E-state index in [0.29, 0.717) is 12.6 Å². The Balaban J connectivity index is 0.000000286. The summed E-state index contributed by atoms with van der Waals surface area (Å²) in [4.78, 5) is 37.0. The van der Waals surface area contributed by atoms with Crippen LogP contribution in [0.3, 0.4) is 0 Å². The standard InChI is InChI=1S/C17H21N5O.2C2HF3O2/c23-17(19-10-13-3-2-7-18-9-13)16-12-21(14-4-1-5-14)11-15-6-8-20-22(15)16;2*3-2(4,5)1(6)7/h2-3,6-9,14,16H,1,4-5,10-12H2,(H,19,23);2*(H,6,7). The number of alkyl halides is 6. The number of carboxylic acid groups (broad SMARTS) is 2. The Morgan fingerprint density at radius 2 is 1.59 bits per heavy atom. The minimum atomic E-state index is -5.08. The van der Waals surface area contributed by atoms with Crippen molar-refractivity contribution in [2.45, 2.75) is 56.8 Å². The third-order valence-corrected chi connectivity index (χ3v) is 5.39. The first kappa shape index (κ1) is 29.5. The van der Waals surface area contributed by atoms with Crippen molar-refractivity contribution in [3.05, 3.63) is 48.0 Å². The van der Waals surface area contributed by atoms with Crippen LogP contribution < -0.4 is 5.32 Å². The molecule has 3 heterocycles. The van der Waals surface area contributed by atoms with E-state index >= 15 is 0 Å². The Morgan fingerprint density at radius 1 is 1.00 bits per heavy atom. The van der Waals surface area contributed by atoms with Gasteiger partial charge in [-0.15, -0.1) is 0 Å². The van der Waals surface area contributed by atoms with Crippen LogP contribution in [0.25, 0.3) is 0 Å². The summed E-state index contributed by atoms with van der Waals surface area (Å²) in [6, 6.07) is 6.25. The molecule has 2 aromatic rings. The first-order chi connectivity index (χ1) is 17.2. The van der Waals surface area contributed by atoms with Gasteiger partial charge in [0.05, 0.1) is 5.69 Å². The predicted molar refractivity (Wildman–Crippen MR) is 113 cm³/mol. The van der Waals surface area contributed by atoms with Crippen LogP contribution in [-0.2, 0) is 27.5 Å². The highest BCUT2D eigenvalue weighted by molar-refractivity contribution is 5.80. The van der Waals surface area contributed by atoms with E-state index < -0.39 is 24.3 Å². The summed E-state index contributed by atoms with van der Waals surface area (Å²) < 4.78 is 65.4. The fraction of sp³-hybridized carbons (Fsp3) is 0.476. The molecule has 1 saturated carbocycles. The second kappa shape index (κ2) is 12.5. The van der Waals surface area contributed by atoms with Crippen molar-refractivity contribution in [3.8, 4) is 0 Å². The smallest absolute Gasteiger partial charge is 0.475 e. The maximum absolute atomic E-state index is 12.7. The number of aliphatic carboxylic acids is 2. The summed E-state index contributed by atoms with van der Waals surface area (Å²) in [5.41, 5.74) is 2.14. The number of carbonyl (C=O) groups is 3. The van der Waals surface area contributed by atoms with Gasteiger partial charge in [0.25, 0.3) is 0 Å². The van der Waals surface area contributed by atoms with Crippen molar-refractivity contribution in [2.24, 2.45) is 0 Å². The van der Waals surface area contributed by atoms with E-state index in [0.717, 1.165) is 24.3 Å². The average Bonchev–Trinajstić information content (AvgIpc) is 3.25. The summed E-state index contributed by atoms with van der Waals surface area (Å²) in [6.45, 7) is 2.15. The van der Waals surface area contributed by atoms with Gasteiger partial charge in [-0.3, -0.25) is 19.4 Å². The Kier molecular flexibility index (Phi) is 9.99. The van der Waals surface area contributed by atoms with Crippen LogP contribution in [0.15, 0.2) is 36.8 Å².